The van der Waals surface area contributed by atoms with Crippen LogP contribution in [-0.4, -0.2) is 60.1 Å². The molecule has 1 unspecified atom stereocenters. The molecule has 1 aliphatic rings. The predicted molar refractivity (Wildman–Crippen MR) is 88.3 cm³/mol. The van der Waals surface area contributed by atoms with Gasteiger partial charge in [-0.05, 0) is 31.0 Å². The first-order chi connectivity index (χ1) is 11.2. The van der Waals surface area contributed by atoms with Gasteiger partial charge < -0.3 is 14.9 Å². The third-order valence-corrected chi connectivity index (χ3v) is 4.22. The molecule has 0 aromatic heterocycles. The van der Waals surface area contributed by atoms with Crippen molar-refractivity contribution in [3.8, 4) is 0 Å². The van der Waals surface area contributed by atoms with E-state index in [1.54, 1.807) is 6.07 Å². The van der Waals surface area contributed by atoms with Gasteiger partial charge in [-0.3, -0.25) is 4.79 Å². The molecule has 2 rings (SSSR count). The number of nitrogens with zero attached hydrogens (tertiary/aromatic N) is 5. The standard InChI is InChI=1S/C16H23N5O2/c1-20-9-10-21(14(12-20)8-11-22)16(23)7-6-13-4-2-3-5-15(13)18-19-17/h2-5,14,22H,6-12H2,1H3. The number of aliphatic hydroxyl groups is 1. The maximum atomic E-state index is 12.6. The van der Waals surface area contributed by atoms with Crippen LogP contribution in [0.5, 0.6) is 0 Å². The van der Waals surface area contributed by atoms with Crippen molar-refractivity contribution in [3.63, 3.8) is 0 Å². The van der Waals surface area contributed by atoms with Crippen LogP contribution < -0.4 is 0 Å². The molecule has 0 radical (unpaired) electrons. The highest BCUT2D eigenvalue weighted by Crippen LogP contribution is 2.21. The zero-order valence-corrected chi connectivity index (χ0v) is 13.4. The minimum absolute atomic E-state index is 0.0682. The highest BCUT2D eigenvalue weighted by molar-refractivity contribution is 5.77. The summed E-state index contributed by atoms with van der Waals surface area (Å²) in [7, 11) is 2.03. The van der Waals surface area contributed by atoms with Gasteiger partial charge in [-0.25, -0.2) is 0 Å². The van der Waals surface area contributed by atoms with E-state index in [0.717, 1.165) is 18.7 Å². The summed E-state index contributed by atoms with van der Waals surface area (Å²) in [5.74, 6) is 0.0901. The van der Waals surface area contributed by atoms with Crippen LogP contribution in [0.15, 0.2) is 29.4 Å². The Hall–Kier alpha value is -2.08. The minimum Gasteiger partial charge on any atom is -0.396 e. The Morgan fingerprint density at radius 3 is 2.96 bits per heavy atom. The number of hydrogen-bond donors (Lipinski definition) is 1. The Bertz CT molecular complexity index is 586. The third kappa shape index (κ3) is 4.69. The number of aryl methyl sites for hydroxylation is 1. The number of hydrogen-bond acceptors (Lipinski definition) is 4. The summed E-state index contributed by atoms with van der Waals surface area (Å²) in [6, 6.07) is 7.39. The van der Waals surface area contributed by atoms with Gasteiger partial charge >= 0.3 is 0 Å². The van der Waals surface area contributed by atoms with E-state index >= 15 is 0 Å². The van der Waals surface area contributed by atoms with E-state index in [1.165, 1.54) is 0 Å². The molecule has 1 heterocycles. The molecule has 0 spiro atoms. The molecule has 124 valence electrons. The Morgan fingerprint density at radius 1 is 1.43 bits per heavy atom. The second kappa shape index (κ2) is 8.53. The Morgan fingerprint density at radius 2 is 2.22 bits per heavy atom. The molecule has 23 heavy (non-hydrogen) atoms. The van der Waals surface area contributed by atoms with E-state index < -0.39 is 0 Å². The fourth-order valence-electron chi connectivity index (χ4n) is 2.99. The Labute approximate surface area is 136 Å². The maximum Gasteiger partial charge on any atom is 0.223 e. The van der Waals surface area contributed by atoms with Crippen LogP contribution in [0.25, 0.3) is 10.4 Å². The van der Waals surface area contributed by atoms with Gasteiger partial charge in [0.1, 0.15) is 0 Å². The van der Waals surface area contributed by atoms with E-state index in [9.17, 15) is 9.90 Å². The smallest absolute Gasteiger partial charge is 0.223 e. The quantitative estimate of drug-likeness (QED) is 0.494. The van der Waals surface area contributed by atoms with Crippen molar-refractivity contribution in [1.82, 2.24) is 9.80 Å². The molecule has 0 aliphatic carbocycles. The van der Waals surface area contributed by atoms with Crippen molar-refractivity contribution in [2.45, 2.75) is 25.3 Å². The largest absolute Gasteiger partial charge is 0.396 e. The molecule has 1 N–H and O–H groups in total. The molecule has 1 aliphatic heterocycles. The van der Waals surface area contributed by atoms with Gasteiger partial charge in [-0.15, -0.1) is 0 Å². The van der Waals surface area contributed by atoms with Crippen LogP contribution in [0.4, 0.5) is 5.69 Å². The van der Waals surface area contributed by atoms with Crippen LogP contribution in [-0.2, 0) is 11.2 Å². The van der Waals surface area contributed by atoms with Gasteiger partial charge in [0.05, 0.1) is 0 Å². The fourth-order valence-corrected chi connectivity index (χ4v) is 2.99. The number of piperazine rings is 1. The number of carbonyl (C=O) groups is 1. The van der Waals surface area contributed by atoms with Crippen LogP contribution in [0.1, 0.15) is 18.4 Å². The van der Waals surface area contributed by atoms with Gasteiger partial charge in [-0.2, -0.15) is 0 Å². The third-order valence-electron chi connectivity index (χ3n) is 4.22. The number of carbonyl (C=O) groups excluding carboxylic acids is 1. The van der Waals surface area contributed by atoms with Crippen molar-refractivity contribution >= 4 is 11.6 Å². The summed E-state index contributed by atoms with van der Waals surface area (Å²) < 4.78 is 0. The van der Waals surface area contributed by atoms with Gasteiger partial charge in [-0.1, -0.05) is 29.4 Å². The van der Waals surface area contributed by atoms with Gasteiger partial charge in [0.2, 0.25) is 5.91 Å². The summed E-state index contributed by atoms with van der Waals surface area (Å²) in [4.78, 5) is 19.4. The SMILES string of the molecule is CN1CCN(C(=O)CCc2ccccc2N=[N+]=[N-])C(CCO)C1. The number of rotatable bonds is 6. The molecule has 0 bridgehead atoms. The molecule has 1 amide bonds. The highest BCUT2D eigenvalue weighted by atomic mass is 16.3. The zero-order valence-electron chi connectivity index (χ0n) is 13.4. The molecule has 1 atom stereocenters. The van der Waals surface area contributed by atoms with E-state index in [-0.39, 0.29) is 18.6 Å². The minimum atomic E-state index is 0.0682. The van der Waals surface area contributed by atoms with Crippen LogP contribution in [0.3, 0.4) is 0 Å². The summed E-state index contributed by atoms with van der Waals surface area (Å²) in [5.41, 5.74) is 10.1. The van der Waals surface area contributed by atoms with E-state index in [2.05, 4.69) is 14.9 Å². The summed E-state index contributed by atoms with van der Waals surface area (Å²) >= 11 is 0. The van der Waals surface area contributed by atoms with Gasteiger partial charge in [0.25, 0.3) is 0 Å². The fraction of sp³-hybridized carbons (Fsp3) is 0.562. The molecule has 1 aromatic carbocycles. The average molecular weight is 317 g/mol. The summed E-state index contributed by atoms with van der Waals surface area (Å²) in [6.45, 7) is 2.42. The Balaban J connectivity index is 2.00. The topological polar surface area (TPSA) is 92.5 Å². The van der Waals surface area contributed by atoms with Crippen molar-refractivity contribution in [1.29, 1.82) is 0 Å². The lowest BCUT2D eigenvalue weighted by molar-refractivity contribution is -0.136. The summed E-state index contributed by atoms with van der Waals surface area (Å²) in [6.07, 6.45) is 1.53. The second-order valence-electron chi connectivity index (χ2n) is 5.83. The van der Waals surface area contributed by atoms with Crippen molar-refractivity contribution in [3.05, 3.63) is 40.3 Å². The lowest BCUT2D eigenvalue weighted by Gasteiger charge is -2.40. The number of amides is 1. The predicted octanol–water partition coefficient (Wildman–Crippen LogP) is 2.09. The number of likely N-dealkylation sites (N-methyl/N-ethyl adjacent to an activating group) is 1. The first-order valence-electron chi connectivity index (χ1n) is 7.87. The Kier molecular flexibility index (Phi) is 6.40. The first kappa shape index (κ1) is 17.3. The number of aliphatic hydroxyl groups excluding tert-OH is 1. The van der Waals surface area contributed by atoms with Crippen LogP contribution in [0.2, 0.25) is 0 Å². The number of benzene rings is 1. The van der Waals surface area contributed by atoms with E-state index in [0.29, 0.717) is 31.5 Å². The molecule has 0 saturated carbocycles. The van der Waals surface area contributed by atoms with Crippen molar-refractivity contribution in [2.24, 2.45) is 5.11 Å². The van der Waals surface area contributed by atoms with Gasteiger partial charge in [0, 0.05) is 49.3 Å². The monoisotopic (exact) mass is 317 g/mol. The molecule has 7 nitrogen and oxygen atoms in total. The lowest BCUT2D eigenvalue weighted by atomic mass is 10.0. The zero-order chi connectivity index (χ0) is 16.7. The van der Waals surface area contributed by atoms with Crippen molar-refractivity contribution in [2.75, 3.05) is 33.3 Å². The van der Waals surface area contributed by atoms with Crippen LogP contribution >= 0.6 is 0 Å². The summed E-state index contributed by atoms with van der Waals surface area (Å²) in [5, 5.41) is 12.9. The molecule has 1 fully saturated rings. The maximum absolute atomic E-state index is 12.6. The van der Waals surface area contributed by atoms with E-state index in [4.69, 9.17) is 5.53 Å². The highest BCUT2D eigenvalue weighted by Gasteiger charge is 2.28. The lowest BCUT2D eigenvalue weighted by Crippen LogP contribution is -2.54. The average Bonchev–Trinajstić information content (AvgIpc) is 2.54. The van der Waals surface area contributed by atoms with Crippen LogP contribution in [0, 0.1) is 0 Å². The second-order valence-corrected chi connectivity index (χ2v) is 5.83. The molecule has 7 heteroatoms. The van der Waals surface area contributed by atoms with E-state index in [1.807, 2.05) is 30.1 Å². The molecule has 1 aromatic rings. The van der Waals surface area contributed by atoms with Gasteiger partial charge in [0.15, 0.2) is 0 Å². The molecular formula is C16H23N5O2. The first-order valence-corrected chi connectivity index (χ1v) is 7.87. The number of azide groups is 1. The normalized spacial score (nSPS) is 18.5. The molecular weight excluding hydrogens is 294 g/mol. The molecule has 1 saturated heterocycles. The van der Waals surface area contributed by atoms with Crippen molar-refractivity contribution < 1.29 is 9.90 Å².